The first kappa shape index (κ1) is 28.0. The molecule has 0 unspecified atom stereocenters. The average Bonchev–Trinajstić information content (AvgIpc) is 3.75. The van der Waals surface area contributed by atoms with Crippen LogP contribution in [0.1, 0.15) is 12.8 Å². The van der Waals surface area contributed by atoms with Gasteiger partial charge in [-0.3, -0.25) is 18.5 Å². The number of nitrogens with zero attached hydrogens (tertiary/aromatic N) is 6. The largest absolute Gasteiger partial charge is 0.487 e. The smallest absolute Gasteiger partial charge is 0.309 e. The summed E-state index contributed by atoms with van der Waals surface area (Å²) in [6.07, 6.45) is 2.51. The molecule has 226 valence electrons. The SMILES string of the molecule is Nc1nc2c(sc(=O)n2CCN2CCN(c3cc(OC4CCS(=O)CC4)c(F)cc3F)CC2)c2cc(-c3ccco3)nn12. The number of nitrogen functional groups attached to an aromatic ring is 1. The van der Waals surface area contributed by atoms with Crippen molar-refractivity contribution in [3.63, 3.8) is 0 Å². The van der Waals surface area contributed by atoms with Crippen LogP contribution in [0, 0.1) is 11.6 Å². The highest BCUT2D eigenvalue weighted by molar-refractivity contribution is 7.85. The minimum Gasteiger partial charge on any atom is -0.487 e. The zero-order chi connectivity index (χ0) is 29.7. The number of hydrogen-bond acceptors (Lipinski definition) is 10. The Hall–Kier alpha value is -3.82. The molecule has 0 radical (unpaired) electrons. The molecular formula is C28H29F2N7O4S2. The Morgan fingerprint density at radius 1 is 1.09 bits per heavy atom. The van der Waals surface area contributed by atoms with Crippen LogP contribution in [0.5, 0.6) is 5.75 Å². The third-order valence-electron chi connectivity index (χ3n) is 8.00. The zero-order valence-electron chi connectivity index (χ0n) is 23.1. The molecule has 1 aromatic carbocycles. The summed E-state index contributed by atoms with van der Waals surface area (Å²) >= 11 is 1.10. The van der Waals surface area contributed by atoms with E-state index < -0.39 is 22.4 Å². The van der Waals surface area contributed by atoms with Gasteiger partial charge in [0.05, 0.1) is 17.5 Å². The molecule has 0 bridgehead atoms. The molecule has 2 aliphatic heterocycles. The van der Waals surface area contributed by atoms with Crippen molar-refractivity contribution in [3.8, 4) is 17.2 Å². The summed E-state index contributed by atoms with van der Waals surface area (Å²) in [5, 5.41) is 4.49. The minimum absolute atomic E-state index is 0.0237. The Morgan fingerprint density at radius 3 is 2.63 bits per heavy atom. The van der Waals surface area contributed by atoms with Crippen LogP contribution in [0.15, 0.2) is 45.8 Å². The van der Waals surface area contributed by atoms with E-state index in [1.54, 1.807) is 23.0 Å². The molecule has 0 saturated carbocycles. The minimum atomic E-state index is -0.852. The lowest BCUT2D eigenvalue weighted by Crippen LogP contribution is -2.47. The molecular weight excluding hydrogens is 600 g/mol. The van der Waals surface area contributed by atoms with Gasteiger partial charge in [0.1, 0.15) is 22.3 Å². The molecule has 2 saturated heterocycles. The van der Waals surface area contributed by atoms with Gasteiger partial charge in [0.25, 0.3) is 0 Å². The molecule has 15 heteroatoms. The van der Waals surface area contributed by atoms with Crippen molar-refractivity contribution >= 4 is 49.6 Å². The molecule has 5 aromatic rings. The normalized spacial score (nSPS) is 19.9. The number of anilines is 2. The molecule has 7 rings (SSSR count). The maximum atomic E-state index is 14.8. The van der Waals surface area contributed by atoms with Gasteiger partial charge in [-0.25, -0.2) is 8.78 Å². The number of piperazine rings is 1. The Bertz CT molecular complexity index is 1870. The van der Waals surface area contributed by atoms with Gasteiger partial charge in [0.15, 0.2) is 23.0 Å². The number of hydrogen-bond donors (Lipinski definition) is 1. The summed E-state index contributed by atoms with van der Waals surface area (Å²) < 4.78 is 56.2. The number of furan rings is 1. The van der Waals surface area contributed by atoms with E-state index in [4.69, 9.17) is 14.9 Å². The molecule has 2 aliphatic rings. The highest BCUT2D eigenvalue weighted by Crippen LogP contribution is 2.31. The van der Waals surface area contributed by atoms with Gasteiger partial charge in [-0.05, 0) is 31.0 Å². The van der Waals surface area contributed by atoms with Crippen LogP contribution in [0.2, 0.25) is 0 Å². The average molecular weight is 630 g/mol. The van der Waals surface area contributed by atoms with Gasteiger partial charge >= 0.3 is 4.87 Å². The summed E-state index contributed by atoms with van der Waals surface area (Å²) in [6.45, 7) is 3.32. The molecule has 43 heavy (non-hydrogen) atoms. The lowest BCUT2D eigenvalue weighted by atomic mass is 10.2. The van der Waals surface area contributed by atoms with Crippen LogP contribution >= 0.6 is 11.3 Å². The van der Waals surface area contributed by atoms with Crippen molar-refractivity contribution in [3.05, 3.63) is 57.9 Å². The molecule has 0 aliphatic carbocycles. The standard InChI is InChI=1S/C28H29F2N7O4S2/c29-18-14-19(30)24(41-17-3-12-43(39)13-4-17)16-21(18)35-8-5-34(6-9-35)7-10-36-26-25(42-28(36)38)22-15-20(23-2-1-11-40-23)33-37(22)27(31)32-26/h1-2,11,14-17H,3-10,12-13H2,(H2,31,32). The third-order valence-corrected chi connectivity index (χ3v) is 10.4. The maximum Gasteiger partial charge on any atom is 0.309 e. The predicted molar refractivity (Wildman–Crippen MR) is 161 cm³/mol. The van der Waals surface area contributed by atoms with Crippen LogP contribution in [0.25, 0.3) is 27.3 Å². The maximum absolute atomic E-state index is 14.8. The molecule has 0 spiro atoms. The molecule has 0 atom stereocenters. The predicted octanol–water partition coefficient (Wildman–Crippen LogP) is 3.34. The number of thiazole rings is 1. The summed E-state index contributed by atoms with van der Waals surface area (Å²) in [4.78, 5) is 21.5. The molecule has 2 fully saturated rings. The topological polar surface area (TPSA) is 124 Å². The fourth-order valence-corrected chi connectivity index (χ4v) is 7.88. The lowest BCUT2D eigenvalue weighted by Gasteiger charge is -2.36. The fourth-order valence-electron chi connectivity index (χ4n) is 5.66. The van der Waals surface area contributed by atoms with E-state index in [1.165, 1.54) is 10.6 Å². The van der Waals surface area contributed by atoms with E-state index in [0.717, 1.165) is 17.4 Å². The monoisotopic (exact) mass is 629 g/mol. The summed E-state index contributed by atoms with van der Waals surface area (Å²) in [5.41, 5.74) is 8.32. The number of benzene rings is 1. The van der Waals surface area contributed by atoms with E-state index in [-0.39, 0.29) is 22.7 Å². The van der Waals surface area contributed by atoms with Crippen molar-refractivity contribution in [2.45, 2.75) is 25.5 Å². The number of nitrogens with two attached hydrogens (primary N) is 1. The van der Waals surface area contributed by atoms with Crippen molar-refractivity contribution in [1.82, 2.24) is 24.1 Å². The highest BCUT2D eigenvalue weighted by atomic mass is 32.2. The van der Waals surface area contributed by atoms with Crippen molar-refractivity contribution in [2.75, 3.05) is 54.9 Å². The molecule has 11 nitrogen and oxygen atoms in total. The Labute approximate surface area is 250 Å². The Balaban J connectivity index is 1.03. The van der Waals surface area contributed by atoms with Crippen molar-refractivity contribution in [2.24, 2.45) is 0 Å². The number of halogens is 2. The second-order valence-corrected chi connectivity index (χ2v) is 13.3. The Morgan fingerprint density at radius 2 is 1.88 bits per heavy atom. The van der Waals surface area contributed by atoms with Gasteiger partial charge in [-0.15, -0.1) is 0 Å². The van der Waals surface area contributed by atoms with Crippen LogP contribution < -0.4 is 20.2 Å². The van der Waals surface area contributed by atoms with E-state index in [2.05, 4.69) is 15.0 Å². The van der Waals surface area contributed by atoms with Gasteiger partial charge in [0, 0.05) is 73.7 Å². The van der Waals surface area contributed by atoms with Crippen molar-refractivity contribution in [1.29, 1.82) is 0 Å². The number of fused-ring (bicyclic) bond motifs is 3. The third kappa shape index (κ3) is 5.40. The molecule has 4 aromatic heterocycles. The van der Waals surface area contributed by atoms with Crippen LogP contribution in [-0.2, 0) is 17.3 Å². The van der Waals surface area contributed by atoms with Gasteiger partial charge in [0.2, 0.25) is 5.95 Å². The van der Waals surface area contributed by atoms with Crippen LogP contribution in [0.3, 0.4) is 0 Å². The number of aromatic nitrogens is 4. The first-order valence-corrected chi connectivity index (χ1v) is 16.3. The first-order valence-electron chi connectivity index (χ1n) is 14.0. The summed E-state index contributed by atoms with van der Waals surface area (Å²) in [7, 11) is -0.852. The zero-order valence-corrected chi connectivity index (χ0v) is 24.7. The fraction of sp³-hybridized carbons (Fsp3) is 0.393. The molecule has 6 heterocycles. The summed E-state index contributed by atoms with van der Waals surface area (Å²) in [5.74, 6) is 0.470. The lowest BCUT2D eigenvalue weighted by molar-refractivity contribution is 0.182. The van der Waals surface area contributed by atoms with E-state index in [1.807, 2.05) is 11.0 Å². The summed E-state index contributed by atoms with van der Waals surface area (Å²) in [6, 6.07) is 7.72. The number of rotatable bonds is 7. The Kier molecular flexibility index (Phi) is 7.39. The van der Waals surface area contributed by atoms with Crippen LogP contribution in [0.4, 0.5) is 20.4 Å². The highest BCUT2D eigenvalue weighted by Gasteiger charge is 2.25. The first-order chi connectivity index (χ1) is 20.8. The van der Waals surface area contributed by atoms with Gasteiger partial charge in [-0.1, -0.05) is 11.3 Å². The van der Waals surface area contributed by atoms with E-state index >= 15 is 0 Å². The second-order valence-electron chi connectivity index (χ2n) is 10.7. The number of ether oxygens (including phenoxy) is 1. The van der Waals surface area contributed by atoms with Gasteiger partial charge in [-0.2, -0.15) is 14.6 Å². The molecule has 0 amide bonds. The van der Waals surface area contributed by atoms with Crippen molar-refractivity contribution < 1.29 is 22.1 Å². The van der Waals surface area contributed by atoms with E-state index in [0.29, 0.717) is 96.6 Å². The van der Waals surface area contributed by atoms with E-state index in [9.17, 15) is 17.8 Å². The quantitative estimate of drug-likeness (QED) is 0.289. The second kappa shape index (κ2) is 11.4. The molecule has 2 N–H and O–H groups in total. The van der Waals surface area contributed by atoms with Crippen LogP contribution in [-0.4, -0.2) is 78.6 Å². The van der Waals surface area contributed by atoms with Gasteiger partial charge < -0.3 is 19.8 Å².